The lowest BCUT2D eigenvalue weighted by Crippen LogP contribution is -2.12. The van der Waals surface area contributed by atoms with Crippen LogP contribution in [-0.4, -0.2) is 17.2 Å². The van der Waals surface area contributed by atoms with Gasteiger partial charge < -0.3 is 9.73 Å². The number of nitrogens with zero attached hydrogens (tertiary/aromatic N) is 2. The van der Waals surface area contributed by atoms with Crippen LogP contribution in [0.25, 0.3) is 0 Å². The van der Waals surface area contributed by atoms with E-state index in [0.29, 0.717) is 18.2 Å². The summed E-state index contributed by atoms with van der Waals surface area (Å²) in [7, 11) is 1.87. The summed E-state index contributed by atoms with van der Waals surface area (Å²) in [5.74, 6) is 1.31. The van der Waals surface area contributed by atoms with E-state index in [4.69, 9.17) is 4.42 Å². The van der Waals surface area contributed by atoms with Crippen LogP contribution < -0.4 is 5.32 Å². The number of hydrogen-bond acceptors (Lipinski definition) is 5. The Bertz CT molecular complexity index is 410. The highest BCUT2D eigenvalue weighted by Crippen LogP contribution is 2.14. The molecule has 2 heterocycles. The Hall–Kier alpha value is -1.20. The molecule has 5 heteroatoms. The van der Waals surface area contributed by atoms with Gasteiger partial charge in [0.1, 0.15) is 0 Å². The maximum Gasteiger partial charge on any atom is 0.233 e. The smallest absolute Gasteiger partial charge is 0.233 e. The Balaban J connectivity index is 2.07. The predicted octanol–water partition coefficient (Wildman–Crippen LogP) is 2.00. The molecule has 0 aliphatic carbocycles. The van der Waals surface area contributed by atoms with Gasteiger partial charge in [-0.05, 0) is 36.4 Å². The van der Waals surface area contributed by atoms with Crippen LogP contribution in [0.15, 0.2) is 21.2 Å². The summed E-state index contributed by atoms with van der Waals surface area (Å²) in [6, 6.07) is 2.17. The van der Waals surface area contributed by atoms with Gasteiger partial charge >= 0.3 is 0 Å². The van der Waals surface area contributed by atoms with Gasteiger partial charge in [0.25, 0.3) is 0 Å². The second kappa shape index (κ2) is 4.55. The first-order valence-corrected chi connectivity index (χ1v) is 5.74. The summed E-state index contributed by atoms with van der Waals surface area (Å²) < 4.78 is 5.53. The minimum Gasteiger partial charge on any atom is -0.423 e. The van der Waals surface area contributed by atoms with E-state index in [9.17, 15) is 0 Å². The molecule has 1 unspecified atom stereocenters. The van der Waals surface area contributed by atoms with Crippen LogP contribution in [0.2, 0.25) is 0 Å². The highest BCUT2D eigenvalue weighted by molar-refractivity contribution is 7.07. The largest absolute Gasteiger partial charge is 0.423 e. The lowest BCUT2D eigenvalue weighted by Gasteiger charge is -2.02. The van der Waals surface area contributed by atoms with Gasteiger partial charge in [-0.25, -0.2) is 0 Å². The number of aromatic nitrogens is 2. The second-order valence-corrected chi connectivity index (χ2v) is 4.13. The lowest BCUT2D eigenvalue weighted by molar-refractivity contribution is 0.410. The molecule has 0 bridgehead atoms. The summed E-state index contributed by atoms with van der Waals surface area (Å²) in [6.07, 6.45) is 0.715. The third-order valence-electron chi connectivity index (χ3n) is 2.22. The summed E-state index contributed by atoms with van der Waals surface area (Å²) in [5.41, 5.74) is 1.22. The van der Waals surface area contributed by atoms with Crippen molar-refractivity contribution in [1.82, 2.24) is 15.5 Å². The van der Waals surface area contributed by atoms with Crippen LogP contribution >= 0.6 is 11.3 Å². The molecule has 15 heavy (non-hydrogen) atoms. The summed E-state index contributed by atoms with van der Waals surface area (Å²) in [4.78, 5) is 0. The fourth-order valence-corrected chi connectivity index (χ4v) is 1.87. The van der Waals surface area contributed by atoms with Gasteiger partial charge in [0.05, 0.1) is 12.5 Å². The molecule has 0 aliphatic rings. The Morgan fingerprint density at radius 1 is 1.53 bits per heavy atom. The van der Waals surface area contributed by atoms with E-state index in [0.717, 1.165) is 0 Å². The second-order valence-electron chi connectivity index (χ2n) is 3.35. The molecule has 0 spiro atoms. The first kappa shape index (κ1) is 10.3. The van der Waals surface area contributed by atoms with Crippen LogP contribution in [0.3, 0.4) is 0 Å². The van der Waals surface area contributed by atoms with Gasteiger partial charge in [-0.2, -0.15) is 11.3 Å². The van der Waals surface area contributed by atoms with Crippen molar-refractivity contribution in [2.24, 2.45) is 0 Å². The zero-order chi connectivity index (χ0) is 10.7. The van der Waals surface area contributed by atoms with Crippen molar-refractivity contribution in [2.75, 3.05) is 7.05 Å². The molecule has 2 rings (SSSR count). The highest BCUT2D eigenvalue weighted by Gasteiger charge is 2.11. The molecule has 80 valence electrons. The quantitative estimate of drug-likeness (QED) is 0.861. The molecule has 0 aliphatic heterocycles. The minimum atomic E-state index is 0.105. The first-order valence-electron chi connectivity index (χ1n) is 4.80. The van der Waals surface area contributed by atoms with Gasteiger partial charge in [-0.3, -0.25) is 0 Å². The molecular weight excluding hydrogens is 210 g/mol. The van der Waals surface area contributed by atoms with Crippen molar-refractivity contribution in [1.29, 1.82) is 0 Å². The SMILES string of the molecule is CNC(C)c1nnc(Cc2ccsc2)o1. The number of nitrogens with one attached hydrogen (secondary N) is 1. The maximum absolute atomic E-state index is 5.53. The molecule has 4 nitrogen and oxygen atoms in total. The van der Waals surface area contributed by atoms with Crippen LogP contribution in [0.1, 0.15) is 30.3 Å². The van der Waals surface area contributed by atoms with E-state index in [1.165, 1.54) is 5.56 Å². The predicted molar refractivity (Wildman–Crippen MR) is 58.9 cm³/mol. The van der Waals surface area contributed by atoms with Crippen LogP contribution in [0.5, 0.6) is 0 Å². The van der Waals surface area contributed by atoms with Crippen molar-refractivity contribution in [3.8, 4) is 0 Å². The van der Waals surface area contributed by atoms with Gasteiger partial charge in [-0.1, -0.05) is 0 Å². The van der Waals surface area contributed by atoms with E-state index in [-0.39, 0.29) is 6.04 Å². The van der Waals surface area contributed by atoms with Crippen LogP contribution in [0.4, 0.5) is 0 Å². The molecule has 0 fully saturated rings. The van der Waals surface area contributed by atoms with Gasteiger partial charge in [0, 0.05) is 0 Å². The number of thiophene rings is 1. The third kappa shape index (κ3) is 2.43. The Labute approximate surface area is 92.3 Å². The van der Waals surface area contributed by atoms with Crippen molar-refractivity contribution in [3.05, 3.63) is 34.2 Å². The normalized spacial score (nSPS) is 12.9. The first-order chi connectivity index (χ1) is 7.29. The molecule has 0 amide bonds. The van der Waals surface area contributed by atoms with E-state index in [1.54, 1.807) is 11.3 Å². The summed E-state index contributed by atoms with van der Waals surface area (Å²) in [5, 5.41) is 15.2. The van der Waals surface area contributed by atoms with Crippen molar-refractivity contribution in [3.63, 3.8) is 0 Å². The van der Waals surface area contributed by atoms with Gasteiger partial charge in [-0.15, -0.1) is 10.2 Å². The molecule has 2 aromatic rings. The monoisotopic (exact) mass is 223 g/mol. The van der Waals surface area contributed by atoms with Crippen LogP contribution in [0, 0.1) is 0 Å². The Morgan fingerprint density at radius 3 is 3.07 bits per heavy atom. The molecule has 1 N–H and O–H groups in total. The molecule has 1 atom stereocenters. The standard InChI is InChI=1S/C10H13N3OS/c1-7(11-2)10-13-12-9(14-10)5-8-3-4-15-6-8/h3-4,6-7,11H,5H2,1-2H3. The van der Waals surface area contributed by atoms with E-state index in [2.05, 4.69) is 27.0 Å². The molecule has 0 saturated heterocycles. The average molecular weight is 223 g/mol. The molecule has 2 aromatic heterocycles. The minimum absolute atomic E-state index is 0.105. The fourth-order valence-electron chi connectivity index (χ4n) is 1.20. The van der Waals surface area contributed by atoms with Gasteiger partial charge in [0.15, 0.2) is 0 Å². The zero-order valence-electron chi connectivity index (χ0n) is 8.73. The van der Waals surface area contributed by atoms with Crippen molar-refractivity contribution in [2.45, 2.75) is 19.4 Å². The Morgan fingerprint density at radius 2 is 2.40 bits per heavy atom. The maximum atomic E-state index is 5.53. The van der Waals surface area contributed by atoms with Gasteiger partial charge in [0.2, 0.25) is 11.8 Å². The highest BCUT2D eigenvalue weighted by atomic mass is 32.1. The molecule has 0 saturated carbocycles. The lowest BCUT2D eigenvalue weighted by atomic mass is 10.2. The number of hydrogen-bond donors (Lipinski definition) is 1. The summed E-state index contributed by atoms with van der Waals surface area (Å²) >= 11 is 1.67. The van der Waals surface area contributed by atoms with Crippen molar-refractivity contribution < 1.29 is 4.42 Å². The summed E-state index contributed by atoms with van der Waals surface area (Å²) in [6.45, 7) is 1.99. The van der Waals surface area contributed by atoms with Crippen molar-refractivity contribution >= 4 is 11.3 Å². The molecule has 0 radical (unpaired) electrons. The van der Waals surface area contributed by atoms with E-state index in [1.807, 2.05) is 19.4 Å². The molecular formula is C10H13N3OS. The third-order valence-corrected chi connectivity index (χ3v) is 2.95. The fraction of sp³-hybridized carbons (Fsp3) is 0.400. The van der Waals surface area contributed by atoms with E-state index < -0.39 is 0 Å². The van der Waals surface area contributed by atoms with E-state index >= 15 is 0 Å². The number of rotatable bonds is 4. The zero-order valence-corrected chi connectivity index (χ0v) is 9.54. The molecule has 0 aromatic carbocycles. The van der Waals surface area contributed by atoms with Crippen LogP contribution in [-0.2, 0) is 6.42 Å². The average Bonchev–Trinajstić information content (AvgIpc) is 2.88. The Kier molecular flexibility index (Phi) is 3.13. The topological polar surface area (TPSA) is 51.0 Å².